The van der Waals surface area contributed by atoms with E-state index < -0.39 is 0 Å². The van der Waals surface area contributed by atoms with Crippen LogP contribution in [0.3, 0.4) is 0 Å². The van der Waals surface area contributed by atoms with Crippen LogP contribution < -0.4 is 11.1 Å². The molecule has 0 spiro atoms. The van der Waals surface area contributed by atoms with Crippen molar-refractivity contribution >= 4 is 18.1 Å². The van der Waals surface area contributed by atoms with Gasteiger partial charge in [-0.25, -0.2) is 9.98 Å². The predicted molar refractivity (Wildman–Crippen MR) is 102 cm³/mol. The average molecular weight is 352 g/mol. The molecule has 0 unspecified atom stereocenters. The molecule has 7 nitrogen and oxygen atoms in total. The summed E-state index contributed by atoms with van der Waals surface area (Å²) in [5.74, 6) is 0.664. The maximum Gasteiger partial charge on any atom is 0.243 e. The molecule has 0 bridgehead atoms. The summed E-state index contributed by atoms with van der Waals surface area (Å²) in [6, 6.07) is 9.42. The van der Waals surface area contributed by atoms with E-state index in [-0.39, 0.29) is 18.3 Å². The van der Waals surface area contributed by atoms with Crippen molar-refractivity contribution in [2.24, 2.45) is 15.7 Å². The van der Waals surface area contributed by atoms with E-state index in [1.807, 2.05) is 12.1 Å². The lowest BCUT2D eigenvalue weighted by molar-refractivity contribution is -0.120. The number of rotatable bonds is 6. The average Bonchev–Trinajstić information content (AvgIpc) is 2.64. The summed E-state index contributed by atoms with van der Waals surface area (Å²) in [7, 11) is 0. The standard InChI is InChI=1S/C19H24N6O/c1-2-3-4-8-18-23-14-25(13-19(26)22-11-17(21)24-18)12-16-7-5-6-15(9-16)10-20/h5-7,9,11,14H,2-4,8,12-13,21H2,1H3,(H,22,26)/b17-11+,23-14?,24-18-. The summed E-state index contributed by atoms with van der Waals surface area (Å²) in [4.78, 5) is 22.6. The number of unbranched alkanes of at least 4 members (excludes halogenated alkanes) is 2. The monoisotopic (exact) mass is 352 g/mol. The van der Waals surface area contributed by atoms with Gasteiger partial charge >= 0.3 is 0 Å². The Morgan fingerprint density at radius 3 is 3.00 bits per heavy atom. The molecule has 0 saturated heterocycles. The maximum atomic E-state index is 12.0. The molecular formula is C19H24N6O. The van der Waals surface area contributed by atoms with Crippen molar-refractivity contribution in [2.45, 2.75) is 39.2 Å². The summed E-state index contributed by atoms with van der Waals surface area (Å²) in [6.07, 6.45) is 6.94. The van der Waals surface area contributed by atoms with E-state index in [1.54, 1.807) is 23.4 Å². The molecule has 1 aliphatic rings. The van der Waals surface area contributed by atoms with Crippen LogP contribution in [-0.4, -0.2) is 29.5 Å². The molecule has 0 fully saturated rings. The highest BCUT2D eigenvalue weighted by Crippen LogP contribution is 2.08. The number of benzene rings is 1. The molecule has 1 heterocycles. The van der Waals surface area contributed by atoms with Gasteiger partial charge < -0.3 is 16.0 Å². The van der Waals surface area contributed by atoms with Gasteiger partial charge in [0.2, 0.25) is 5.91 Å². The van der Waals surface area contributed by atoms with E-state index in [2.05, 4.69) is 28.3 Å². The van der Waals surface area contributed by atoms with Crippen molar-refractivity contribution in [1.29, 1.82) is 5.26 Å². The molecule has 0 aromatic heterocycles. The van der Waals surface area contributed by atoms with E-state index in [0.717, 1.165) is 31.2 Å². The van der Waals surface area contributed by atoms with Crippen molar-refractivity contribution in [3.05, 3.63) is 47.4 Å². The normalized spacial score (nSPS) is 18.9. The van der Waals surface area contributed by atoms with Crippen LogP contribution in [0.4, 0.5) is 0 Å². The molecule has 0 aliphatic carbocycles. The van der Waals surface area contributed by atoms with Crippen molar-refractivity contribution in [2.75, 3.05) is 6.54 Å². The van der Waals surface area contributed by atoms with Crippen LogP contribution in [0.5, 0.6) is 0 Å². The molecule has 1 aromatic rings. The van der Waals surface area contributed by atoms with Crippen LogP contribution in [0.1, 0.15) is 43.7 Å². The fraction of sp³-hybridized carbons (Fsp3) is 0.368. The van der Waals surface area contributed by atoms with E-state index in [9.17, 15) is 4.79 Å². The zero-order chi connectivity index (χ0) is 18.8. The quantitative estimate of drug-likeness (QED) is 0.766. The highest BCUT2D eigenvalue weighted by molar-refractivity contribution is 5.91. The Labute approximate surface area is 153 Å². The number of aliphatic imine (C=N–C) groups is 2. The third-order valence-electron chi connectivity index (χ3n) is 3.80. The zero-order valence-corrected chi connectivity index (χ0v) is 15.0. The second-order valence-corrected chi connectivity index (χ2v) is 6.08. The summed E-state index contributed by atoms with van der Waals surface area (Å²) in [6.45, 7) is 2.74. The summed E-state index contributed by atoms with van der Waals surface area (Å²) < 4.78 is 0. The third kappa shape index (κ3) is 6.40. The Morgan fingerprint density at radius 2 is 2.23 bits per heavy atom. The summed E-state index contributed by atoms with van der Waals surface area (Å²) >= 11 is 0. The number of carbonyl (C=O) groups excluding carboxylic acids is 1. The Kier molecular flexibility index (Phi) is 7.37. The van der Waals surface area contributed by atoms with Gasteiger partial charge in [0.25, 0.3) is 0 Å². The van der Waals surface area contributed by atoms with Gasteiger partial charge in [0.1, 0.15) is 11.7 Å². The minimum absolute atomic E-state index is 0.131. The highest BCUT2D eigenvalue weighted by Gasteiger charge is 2.10. The van der Waals surface area contributed by atoms with Gasteiger partial charge in [0, 0.05) is 19.2 Å². The van der Waals surface area contributed by atoms with Gasteiger partial charge in [-0.05, 0) is 24.1 Å². The lowest BCUT2D eigenvalue weighted by Crippen LogP contribution is -2.35. The van der Waals surface area contributed by atoms with Crippen LogP contribution in [0.15, 0.2) is 46.3 Å². The molecule has 0 radical (unpaired) electrons. The van der Waals surface area contributed by atoms with Crippen LogP contribution in [0.2, 0.25) is 0 Å². The number of carbonyl (C=O) groups is 1. The smallest absolute Gasteiger partial charge is 0.243 e. The SMILES string of the molecule is CCCCC/C1=N/C(N)=C/NC(=O)CN(Cc2cccc(C#N)c2)C=N1. The van der Waals surface area contributed by atoms with E-state index >= 15 is 0 Å². The largest absolute Gasteiger partial charge is 0.382 e. The van der Waals surface area contributed by atoms with Gasteiger partial charge in [-0.3, -0.25) is 4.79 Å². The second-order valence-electron chi connectivity index (χ2n) is 6.08. The number of hydrogen-bond acceptors (Lipinski definition) is 6. The van der Waals surface area contributed by atoms with E-state index in [1.165, 1.54) is 6.20 Å². The van der Waals surface area contributed by atoms with Gasteiger partial charge in [-0.15, -0.1) is 0 Å². The fourth-order valence-electron chi connectivity index (χ4n) is 2.51. The molecule has 0 atom stereocenters. The first-order chi connectivity index (χ1) is 12.6. The van der Waals surface area contributed by atoms with Crippen molar-refractivity contribution in [1.82, 2.24) is 10.2 Å². The van der Waals surface area contributed by atoms with Crippen molar-refractivity contribution < 1.29 is 4.79 Å². The Hall–Kier alpha value is -3.14. The lowest BCUT2D eigenvalue weighted by atomic mass is 10.1. The molecule has 2 rings (SSSR count). The first kappa shape index (κ1) is 19.2. The first-order valence-corrected chi connectivity index (χ1v) is 8.70. The molecule has 1 aromatic carbocycles. The van der Waals surface area contributed by atoms with Crippen LogP contribution in [-0.2, 0) is 11.3 Å². The van der Waals surface area contributed by atoms with E-state index in [4.69, 9.17) is 11.0 Å². The molecule has 3 N–H and O–H groups in total. The predicted octanol–water partition coefficient (Wildman–Crippen LogP) is 2.25. The number of nitrogens with one attached hydrogen (secondary N) is 1. The zero-order valence-electron chi connectivity index (χ0n) is 15.0. The van der Waals surface area contributed by atoms with E-state index in [0.29, 0.717) is 17.9 Å². The molecule has 7 heteroatoms. The molecule has 1 amide bonds. The van der Waals surface area contributed by atoms with Crippen LogP contribution >= 0.6 is 0 Å². The number of nitrogens with two attached hydrogens (primary N) is 1. The van der Waals surface area contributed by atoms with Gasteiger partial charge in [0.05, 0.1) is 24.5 Å². The topological polar surface area (TPSA) is 107 Å². The lowest BCUT2D eigenvalue weighted by Gasteiger charge is -2.19. The molecule has 1 aliphatic heterocycles. The third-order valence-corrected chi connectivity index (χ3v) is 3.80. The van der Waals surface area contributed by atoms with Crippen LogP contribution in [0, 0.1) is 11.3 Å². The minimum atomic E-state index is -0.208. The molecule has 136 valence electrons. The number of nitrogens with zero attached hydrogens (tertiary/aromatic N) is 4. The van der Waals surface area contributed by atoms with Crippen molar-refractivity contribution in [3.8, 4) is 6.07 Å². The molecule has 0 saturated carbocycles. The van der Waals surface area contributed by atoms with Crippen LogP contribution in [0.25, 0.3) is 0 Å². The van der Waals surface area contributed by atoms with Gasteiger partial charge in [0.15, 0.2) is 0 Å². The maximum absolute atomic E-state index is 12.0. The van der Waals surface area contributed by atoms with Gasteiger partial charge in [-0.2, -0.15) is 5.26 Å². The first-order valence-electron chi connectivity index (χ1n) is 8.70. The fourth-order valence-corrected chi connectivity index (χ4v) is 2.51. The van der Waals surface area contributed by atoms with Gasteiger partial charge in [-0.1, -0.05) is 31.9 Å². The minimum Gasteiger partial charge on any atom is -0.382 e. The molecule has 26 heavy (non-hydrogen) atoms. The van der Waals surface area contributed by atoms with Crippen molar-refractivity contribution in [3.63, 3.8) is 0 Å². The number of nitriles is 1. The number of amidine groups is 1. The number of hydrogen-bond donors (Lipinski definition) is 2. The Bertz CT molecular complexity index is 760. The second kappa shape index (κ2) is 9.99. The summed E-state index contributed by atoms with van der Waals surface area (Å²) in [5.41, 5.74) is 7.33. The number of amides is 1. The molecular weight excluding hydrogens is 328 g/mol. The summed E-state index contributed by atoms with van der Waals surface area (Å²) in [5, 5.41) is 11.7. The Balaban J connectivity index is 2.18. The highest BCUT2D eigenvalue weighted by atomic mass is 16.1. The Morgan fingerprint density at radius 1 is 1.38 bits per heavy atom.